The topological polar surface area (TPSA) is 75.3 Å². The summed E-state index contributed by atoms with van der Waals surface area (Å²) in [6, 6.07) is 12.8. The molecule has 2 N–H and O–H groups in total. The summed E-state index contributed by atoms with van der Waals surface area (Å²) in [5, 5.41) is 6.27. The van der Waals surface area contributed by atoms with Gasteiger partial charge in [-0.2, -0.15) is 0 Å². The Morgan fingerprint density at radius 2 is 1.79 bits per heavy atom. The molecule has 0 saturated heterocycles. The molecule has 1 aliphatic heterocycles. The van der Waals surface area contributed by atoms with Crippen LogP contribution >= 0.6 is 0 Å². The summed E-state index contributed by atoms with van der Waals surface area (Å²) < 4.78 is 23.0. The first-order valence-corrected chi connectivity index (χ1v) is 9.71. The van der Waals surface area contributed by atoms with E-state index < -0.39 is 9.84 Å². The van der Waals surface area contributed by atoms with Crippen molar-refractivity contribution < 1.29 is 13.2 Å². The zero-order chi connectivity index (χ0) is 17.3. The van der Waals surface area contributed by atoms with Gasteiger partial charge in [0.1, 0.15) is 0 Å². The van der Waals surface area contributed by atoms with Gasteiger partial charge in [0.2, 0.25) is 5.91 Å². The summed E-state index contributed by atoms with van der Waals surface area (Å²) in [6.45, 7) is 2.01. The number of benzene rings is 2. The number of carbonyl (C=O) groups is 1. The Kier molecular flexibility index (Phi) is 4.32. The normalized spacial score (nSPS) is 15.3. The number of nitrogens with one attached hydrogen (secondary N) is 2. The summed E-state index contributed by atoms with van der Waals surface area (Å²) in [7, 11) is -3.18. The summed E-state index contributed by atoms with van der Waals surface area (Å²) >= 11 is 0. The van der Waals surface area contributed by atoms with Crippen LogP contribution in [0.3, 0.4) is 0 Å². The first-order valence-electron chi connectivity index (χ1n) is 7.82. The largest absolute Gasteiger partial charge is 0.378 e. The average molecular weight is 344 g/mol. The smallest absolute Gasteiger partial charge is 0.224 e. The molecule has 5 nitrogen and oxygen atoms in total. The second kappa shape index (κ2) is 6.28. The second-order valence-corrected chi connectivity index (χ2v) is 8.14. The summed E-state index contributed by atoms with van der Waals surface area (Å²) in [4.78, 5) is 11.8. The fraction of sp³-hybridized carbons (Fsp3) is 0.278. The summed E-state index contributed by atoms with van der Waals surface area (Å²) in [6.07, 6.45) is 2.50. The highest BCUT2D eigenvalue weighted by atomic mass is 32.2. The highest BCUT2D eigenvalue weighted by molar-refractivity contribution is 7.90. The first-order chi connectivity index (χ1) is 11.3. The van der Waals surface area contributed by atoms with Crippen molar-refractivity contribution in [2.45, 2.75) is 30.7 Å². The van der Waals surface area contributed by atoms with Crippen LogP contribution < -0.4 is 10.6 Å². The average Bonchev–Trinajstić information content (AvgIpc) is 2.53. The SMILES string of the molecule is CC(Nc1ccc2c(c1)NC(=O)CC2)c1ccc(S(C)(=O)=O)cc1. The number of fused-ring (bicyclic) bond motifs is 1. The number of hydrogen-bond acceptors (Lipinski definition) is 4. The Morgan fingerprint density at radius 3 is 2.46 bits per heavy atom. The van der Waals surface area contributed by atoms with Crippen LogP contribution in [-0.4, -0.2) is 20.6 Å². The molecule has 6 heteroatoms. The molecule has 1 amide bonds. The van der Waals surface area contributed by atoms with Gasteiger partial charge in [0.05, 0.1) is 4.90 Å². The fourth-order valence-corrected chi connectivity index (χ4v) is 3.43. The van der Waals surface area contributed by atoms with Crippen LogP contribution in [0.1, 0.15) is 30.5 Å². The Labute approximate surface area is 142 Å². The van der Waals surface area contributed by atoms with Gasteiger partial charge in [0, 0.05) is 30.1 Å². The molecule has 3 rings (SSSR count). The summed E-state index contributed by atoms with van der Waals surface area (Å²) in [5.41, 5.74) is 3.90. The molecule has 1 heterocycles. The van der Waals surface area contributed by atoms with Gasteiger partial charge >= 0.3 is 0 Å². The van der Waals surface area contributed by atoms with Crippen molar-refractivity contribution >= 4 is 27.1 Å². The van der Waals surface area contributed by atoms with Crippen molar-refractivity contribution in [1.29, 1.82) is 0 Å². The van der Waals surface area contributed by atoms with Crippen molar-refractivity contribution in [3.8, 4) is 0 Å². The Hall–Kier alpha value is -2.34. The van der Waals surface area contributed by atoms with Gasteiger partial charge in [0.15, 0.2) is 9.84 Å². The maximum absolute atomic E-state index is 11.5. The fourth-order valence-electron chi connectivity index (χ4n) is 2.80. The van der Waals surface area contributed by atoms with Gasteiger partial charge in [-0.15, -0.1) is 0 Å². The van der Waals surface area contributed by atoms with E-state index in [0.29, 0.717) is 11.3 Å². The van der Waals surface area contributed by atoms with Crippen LogP contribution in [0.15, 0.2) is 47.4 Å². The van der Waals surface area contributed by atoms with E-state index in [1.807, 2.05) is 37.3 Å². The molecule has 0 aromatic heterocycles. The Bertz CT molecular complexity index is 874. The number of anilines is 2. The molecule has 0 bridgehead atoms. The van der Waals surface area contributed by atoms with Crippen LogP contribution in [0.2, 0.25) is 0 Å². The lowest BCUT2D eigenvalue weighted by Gasteiger charge is -2.20. The van der Waals surface area contributed by atoms with E-state index in [0.717, 1.165) is 28.9 Å². The van der Waals surface area contributed by atoms with Gasteiger partial charge in [0.25, 0.3) is 0 Å². The van der Waals surface area contributed by atoms with Crippen LogP contribution in [0.5, 0.6) is 0 Å². The Balaban J connectivity index is 1.76. The summed E-state index contributed by atoms with van der Waals surface area (Å²) in [5.74, 6) is 0.0454. The molecule has 0 saturated carbocycles. The van der Waals surface area contributed by atoms with E-state index in [-0.39, 0.29) is 11.9 Å². The van der Waals surface area contributed by atoms with Gasteiger partial charge in [-0.25, -0.2) is 8.42 Å². The molecule has 0 spiro atoms. The lowest BCUT2D eigenvalue weighted by atomic mass is 10.0. The molecule has 126 valence electrons. The monoisotopic (exact) mass is 344 g/mol. The minimum Gasteiger partial charge on any atom is -0.378 e. The molecular formula is C18H20N2O3S. The van der Waals surface area contributed by atoms with E-state index in [9.17, 15) is 13.2 Å². The highest BCUT2D eigenvalue weighted by Crippen LogP contribution is 2.28. The lowest BCUT2D eigenvalue weighted by Crippen LogP contribution is -2.19. The van der Waals surface area contributed by atoms with Gasteiger partial charge in [-0.1, -0.05) is 18.2 Å². The van der Waals surface area contributed by atoms with Gasteiger partial charge in [-0.05, 0) is 48.7 Å². The molecule has 0 radical (unpaired) electrons. The minimum atomic E-state index is -3.18. The minimum absolute atomic E-state index is 0.0101. The van der Waals surface area contributed by atoms with Gasteiger partial charge in [-0.3, -0.25) is 4.79 Å². The molecule has 1 aliphatic rings. The predicted octanol–water partition coefficient (Wildman–Crippen LogP) is 3.15. The van der Waals surface area contributed by atoms with E-state index in [1.54, 1.807) is 12.1 Å². The molecule has 2 aromatic carbocycles. The predicted molar refractivity (Wildman–Crippen MR) is 95.0 cm³/mol. The molecule has 0 aliphatic carbocycles. The maximum Gasteiger partial charge on any atom is 0.224 e. The highest BCUT2D eigenvalue weighted by Gasteiger charge is 2.15. The molecule has 2 aromatic rings. The molecular weight excluding hydrogens is 324 g/mol. The standard InChI is InChI=1S/C18H20N2O3S/c1-12(13-4-8-16(9-5-13)24(2,22)23)19-15-7-3-14-6-10-18(21)20-17(14)11-15/h3-5,7-9,11-12,19H,6,10H2,1-2H3,(H,20,21). The molecule has 0 fully saturated rings. The second-order valence-electron chi connectivity index (χ2n) is 6.13. The lowest BCUT2D eigenvalue weighted by molar-refractivity contribution is -0.116. The van der Waals surface area contributed by atoms with Crippen molar-refractivity contribution in [1.82, 2.24) is 0 Å². The molecule has 24 heavy (non-hydrogen) atoms. The number of hydrogen-bond donors (Lipinski definition) is 2. The molecule has 1 unspecified atom stereocenters. The van der Waals surface area contributed by atoms with Crippen LogP contribution in [0.25, 0.3) is 0 Å². The zero-order valence-corrected chi connectivity index (χ0v) is 14.5. The molecule has 1 atom stereocenters. The number of aryl methyl sites for hydroxylation is 1. The van der Waals surface area contributed by atoms with Crippen molar-refractivity contribution in [3.05, 3.63) is 53.6 Å². The third kappa shape index (κ3) is 3.59. The third-order valence-corrected chi connectivity index (χ3v) is 5.33. The van der Waals surface area contributed by atoms with Crippen molar-refractivity contribution in [2.75, 3.05) is 16.9 Å². The van der Waals surface area contributed by atoms with Crippen LogP contribution in [0, 0.1) is 0 Å². The number of rotatable bonds is 4. The quantitative estimate of drug-likeness (QED) is 0.893. The van der Waals surface area contributed by atoms with Crippen LogP contribution in [-0.2, 0) is 21.1 Å². The zero-order valence-electron chi connectivity index (χ0n) is 13.7. The maximum atomic E-state index is 11.5. The number of amides is 1. The van der Waals surface area contributed by atoms with Crippen molar-refractivity contribution in [2.24, 2.45) is 0 Å². The number of sulfone groups is 1. The Morgan fingerprint density at radius 1 is 1.08 bits per heavy atom. The van der Waals surface area contributed by atoms with E-state index in [1.165, 1.54) is 6.26 Å². The first kappa shape index (κ1) is 16.5. The van der Waals surface area contributed by atoms with Gasteiger partial charge < -0.3 is 10.6 Å². The van der Waals surface area contributed by atoms with Crippen LogP contribution in [0.4, 0.5) is 11.4 Å². The number of carbonyl (C=O) groups excluding carboxylic acids is 1. The van der Waals surface area contributed by atoms with E-state index >= 15 is 0 Å². The van der Waals surface area contributed by atoms with E-state index in [4.69, 9.17) is 0 Å². The van der Waals surface area contributed by atoms with E-state index in [2.05, 4.69) is 10.6 Å². The third-order valence-electron chi connectivity index (χ3n) is 4.20. The van der Waals surface area contributed by atoms with Crippen molar-refractivity contribution in [3.63, 3.8) is 0 Å².